The summed E-state index contributed by atoms with van der Waals surface area (Å²) in [6, 6.07) is 0. The lowest BCUT2D eigenvalue weighted by Crippen LogP contribution is -2.21. The number of allylic oxidation sites excluding steroid dienone is 2. The molecular formula is C10H19N. The summed E-state index contributed by atoms with van der Waals surface area (Å²) >= 11 is 0. The van der Waals surface area contributed by atoms with Gasteiger partial charge in [0.15, 0.2) is 0 Å². The molecule has 64 valence electrons. The van der Waals surface area contributed by atoms with E-state index in [0.29, 0.717) is 0 Å². The van der Waals surface area contributed by atoms with E-state index in [1.54, 1.807) is 0 Å². The van der Waals surface area contributed by atoms with E-state index < -0.39 is 0 Å². The van der Waals surface area contributed by atoms with Gasteiger partial charge in [-0.25, -0.2) is 0 Å². The molecule has 0 saturated carbocycles. The van der Waals surface area contributed by atoms with Crippen LogP contribution in [0.2, 0.25) is 0 Å². The third-order valence-electron chi connectivity index (χ3n) is 1.64. The van der Waals surface area contributed by atoms with Crippen molar-refractivity contribution >= 4 is 0 Å². The zero-order valence-electron chi connectivity index (χ0n) is 7.93. The van der Waals surface area contributed by atoms with E-state index in [0.717, 1.165) is 18.8 Å². The van der Waals surface area contributed by atoms with Crippen molar-refractivity contribution in [2.75, 3.05) is 13.1 Å². The maximum Gasteiger partial charge on any atom is 0.0289 e. The van der Waals surface area contributed by atoms with E-state index in [2.05, 4.69) is 31.4 Å². The Kier molecular flexibility index (Phi) is 5.63. The van der Waals surface area contributed by atoms with Gasteiger partial charge in [-0.15, -0.1) is 0 Å². The summed E-state index contributed by atoms with van der Waals surface area (Å²) in [6.45, 7) is 12.5. The van der Waals surface area contributed by atoms with Crippen LogP contribution in [-0.4, -0.2) is 18.0 Å². The molecule has 1 heteroatoms. The fourth-order valence-electron chi connectivity index (χ4n) is 1.07. The standard InChI is InChI=1S/C10H19N/c1-5-8-10(4)11(7-3)9-6-2/h5,8H,4,6-7,9H2,1-3H3/b8-5+. The van der Waals surface area contributed by atoms with Gasteiger partial charge in [0.05, 0.1) is 0 Å². The summed E-state index contributed by atoms with van der Waals surface area (Å²) in [6.07, 6.45) is 5.27. The predicted octanol–water partition coefficient (Wildman–Crippen LogP) is 2.81. The molecule has 0 aromatic heterocycles. The molecule has 0 aliphatic carbocycles. The fourth-order valence-corrected chi connectivity index (χ4v) is 1.07. The molecule has 0 unspecified atom stereocenters. The van der Waals surface area contributed by atoms with Crippen molar-refractivity contribution in [1.82, 2.24) is 4.90 Å². The molecular weight excluding hydrogens is 134 g/mol. The van der Waals surface area contributed by atoms with E-state index in [-0.39, 0.29) is 0 Å². The van der Waals surface area contributed by atoms with Crippen LogP contribution in [0.25, 0.3) is 0 Å². The molecule has 0 amide bonds. The highest BCUT2D eigenvalue weighted by Gasteiger charge is 1.98. The van der Waals surface area contributed by atoms with Crippen molar-refractivity contribution in [3.8, 4) is 0 Å². The Labute approximate surface area is 70.4 Å². The van der Waals surface area contributed by atoms with Crippen molar-refractivity contribution in [3.05, 3.63) is 24.4 Å². The Hall–Kier alpha value is -0.720. The number of nitrogens with zero attached hydrogens (tertiary/aromatic N) is 1. The van der Waals surface area contributed by atoms with E-state index in [4.69, 9.17) is 0 Å². The molecule has 0 fully saturated rings. The first-order chi connectivity index (χ1) is 5.26. The highest BCUT2D eigenvalue weighted by Crippen LogP contribution is 2.03. The molecule has 0 N–H and O–H groups in total. The van der Waals surface area contributed by atoms with Crippen LogP contribution in [0.4, 0.5) is 0 Å². The zero-order chi connectivity index (χ0) is 8.69. The maximum absolute atomic E-state index is 3.97. The normalized spacial score (nSPS) is 10.5. The minimum Gasteiger partial charge on any atom is -0.372 e. The lowest BCUT2D eigenvalue weighted by Gasteiger charge is -2.22. The molecule has 1 nitrogen and oxygen atoms in total. The van der Waals surface area contributed by atoms with Crippen LogP contribution in [0.3, 0.4) is 0 Å². The number of hydrogen-bond acceptors (Lipinski definition) is 1. The summed E-state index contributed by atoms with van der Waals surface area (Å²) in [4.78, 5) is 2.28. The average Bonchev–Trinajstić information content (AvgIpc) is 2.00. The SMILES string of the molecule is C=C(/C=C/C)N(CC)CCC. The van der Waals surface area contributed by atoms with Crippen molar-refractivity contribution < 1.29 is 0 Å². The van der Waals surface area contributed by atoms with Crippen LogP contribution < -0.4 is 0 Å². The van der Waals surface area contributed by atoms with Crippen molar-refractivity contribution in [3.63, 3.8) is 0 Å². The third-order valence-corrected chi connectivity index (χ3v) is 1.64. The van der Waals surface area contributed by atoms with Crippen molar-refractivity contribution in [2.45, 2.75) is 27.2 Å². The Balaban J connectivity index is 3.91. The maximum atomic E-state index is 3.97. The Morgan fingerprint density at radius 3 is 2.45 bits per heavy atom. The van der Waals surface area contributed by atoms with Crippen molar-refractivity contribution in [1.29, 1.82) is 0 Å². The fraction of sp³-hybridized carbons (Fsp3) is 0.600. The van der Waals surface area contributed by atoms with Gasteiger partial charge < -0.3 is 4.90 Å². The molecule has 0 radical (unpaired) electrons. The minimum absolute atomic E-state index is 1.05. The van der Waals surface area contributed by atoms with Gasteiger partial charge >= 0.3 is 0 Å². The molecule has 0 saturated heterocycles. The highest BCUT2D eigenvalue weighted by atomic mass is 15.1. The molecule has 0 aliphatic heterocycles. The van der Waals surface area contributed by atoms with Crippen LogP contribution in [0, 0.1) is 0 Å². The topological polar surface area (TPSA) is 3.24 Å². The lowest BCUT2D eigenvalue weighted by atomic mass is 10.3. The first kappa shape index (κ1) is 10.3. The van der Waals surface area contributed by atoms with Crippen LogP contribution in [0.1, 0.15) is 27.2 Å². The van der Waals surface area contributed by atoms with Gasteiger partial charge in [-0.1, -0.05) is 19.6 Å². The first-order valence-corrected chi connectivity index (χ1v) is 4.32. The molecule has 0 spiro atoms. The predicted molar refractivity (Wildman–Crippen MR) is 51.5 cm³/mol. The first-order valence-electron chi connectivity index (χ1n) is 4.32. The highest BCUT2D eigenvalue weighted by molar-refractivity contribution is 5.12. The van der Waals surface area contributed by atoms with E-state index in [1.807, 2.05) is 13.0 Å². The summed E-state index contributed by atoms with van der Waals surface area (Å²) in [5.41, 5.74) is 1.12. The second kappa shape index (κ2) is 6.02. The molecule has 0 aromatic rings. The van der Waals surface area contributed by atoms with E-state index >= 15 is 0 Å². The number of likely N-dealkylation sites (N-methyl/N-ethyl adjacent to an activating group) is 1. The van der Waals surface area contributed by atoms with Crippen LogP contribution in [0.5, 0.6) is 0 Å². The number of hydrogen-bond donors (Lipinski definition) is 0. The molecule has 11 heavy (non-hydrogen) atoms. The Bertz CT molecular complexity index is 136. The molecule has 0 aliphatic rings. The van der Waals surface area contributed by atoms with Gasteiger partial charge in [0, 0.05) is 18.8 Å². The zero-order valence-corrected chi connectivity index (χ0v) is 7.93. The monoisotopic (exact) mass is 153 g/mol. The number of rotatable bonds is 5. The van der Waals surface area contributed by atoms with Gasteiger partial charge in [-0.3, -0.25) is 0 Å². The second-order valence-corrected chi connectivity index (χ2v) is 2.57. The summed E-state index contributed by atoms with van der Waals surface area (Å²) in [5, 5.41) is 0. The lowest BCUT2D eigenvalue weighted by molar-refractivity contribution is 0.375. The van der Waals surface area contributed by atoms with Gasteiger partial charge in [0.25, 0.3) is 0 Å². The summed E-state index contributed by atoms with van der Waals surface area (Å²) in [5.74, 6) is 0. The third kappa shape index (κ3) is 3.87. The Morgan fingerprint density at radius 2 is 2.09 bits per heavy atom. The molecule has 0 aromatic carbocycles. The Morgan fingerprint density at radius 1 is 1.45 bits per heavy atom. The van der Waals surface area contributed by atoms with E-state index in [9.17, 15) is 0 Å². The molecule has 0 atom stereocenters. The van der Waals surface area contributed by atoms with Crippen LogP contribution >= 0.6 is 0 Å². The minimum atomic E-state index is 1.05. The largest absolute Gasteiger partial charge is 0.372 e. The van der Waals surface area contributed by atoms with Gasteiger partial charge in [0.1, 0.15) is 0 Å². The summed E-state index contributed by atoms with van der Waals surface area (Å²) in [7, 11) is 0. The van der Waals surface area contributed by atoms with Crippen LogP contribution in [-0.2, 0) is 0 Å². The molecule has 0 heterocycles. The van der Waals surface area contributed by atoms with Gasteiger partial charge in [0.2, 0.25) is 0 Å². The van der Waals surface area contributed by atoms with Crippen molar-refractivity contribution in [2.24, 2.45) is 0 Å². The van der Waals surface area contributed by atoms with E-state index in [1.165, 1.54) is 6.42 Å². The quantitative estimate of drug-likeness (QED) is 0.549. The smallest absolute Gasteiger partial charge is 0.0289 e. The van der Waals surface area contributed by atoms with Crippen LogP contribution in [0.15, 0.2) is 24.4 Å². The van der Waals surface area contributed by atoms with Gasteiger partial charge in [-0.05, 0) is 26.3 Å². The second-order valence-electron chi connectivity index (χ2n) is 2.57. The molecule has 0 rings (SSSR count). The summed E-state index contributed by atoms with van der Waals surface area (Å²) < 4.78 is 0. The molecule has 0 bridgehead atoms. The van der Waals surface area contributed by atoms with Gasteiger partial charge in [-0.2, -0.15) is 0 Å². The average molecular weight is 153 g/mol.